The van der Waals surface area contributed by atoms with E-state index in [4.69, 9.17) is 0 Å². The molecule has 0 saturated carbocycles. The van der Waals surface area contributed by atoms with Crippen molar-refractivity contribution in [3.63, 3.8) is 0 Å². The van der Waals surface area contributed by atoms with E-state index in [1.54, 1.807) is 0 Å². The van der Waals surface area contributed by atoms with Crippen LogP contribution >= 0.6 is 0 Å². The van der Waals surface area contributed by atoms with Crippen LogP contribution < -0.4 is 0 Å². The average Bonchev–Trinajstić information content (AvgIpc) is 1.80. The van der Waals surface area contributed by atoms with Crippen LogP contribution in [0.15, 0.2) is 10.4 Å². The van der Waals surface area contributed by atoms with Crippen molar-refractivity contribution >= 4 is 6.47 Å². The summed E-state index contributed by atoms with van der Waals surface area (Å²) in [7, 11) is 0. The van der Waals surface area contributed by atoms with E-state index in [-0.39, 0.29) is 6.47 Å². The van der Waals surface area contributed by atoms with Gasteiger partial charge in [-0.25, -0.2) is 0 Å². The Morgan fingerprint density at radius 1 is 1.67 bits per heavy atom. The maximum absolute atomic E-state index is 9.47. The second-order valence-electron chi connectivity index (χ2n) is 2.00. The number of rotatable bonds is 4. The first-order chi connectivity index (χ1) is 4.27. The Morgan fingerprint density at radius 2 is 2.33 bits per heavy atom. The number of hydrogen-bond acceptors (Lipinski definition) is 4. The molecule has 0 spiro atoms. The minimum Gasteiger partial charge on any atom is -0.304 e. The summed E-state index contributed by atoms with van der Waals surface area (Å²) in [6, 6.07) is 0. The Kier molecular flexibility index (Phi) is 4.67. The smallest absolute Gasteiger partial charge is 0.304 e. The Labute approximate surface area is 53.9 Å². The maximum Gasteiger partial charge on any atom is 0.325 e. The molecule has 0 saturated heterocycles. The number of carbonyl (C=O) groups is 1. The number of carbonyl (C=O) groups excluding carboxylic acids is 1. The zero-order valence-electron chi connectivity index (χ0n) is 5.57. The molecule has 52 valence electrons. The van der Waals surface area contributed by atoms with E-state index in [0.717, 1.165) is 0 Å². The van der Waals surface area contributed by atoms with Gasteiger partial charge in [-0.2, -0.15) is 5.11 Å². The van der Waals surface area contributed by atoms with Gasteiger partial charge in [0.1, 0.15) is 0 Å². The Morgan fingerprint density at radius 3 is 2.78 bits per heavy atom. The predicted molar refractivity (Wildman–Crippen MR) is 31.7 cm³/mol. The van der Waals surface area contributed by atoms with E-state index in [1.165, 1.54) is 0 Å². The summed E-state index contributed by atoms with van der Waals surface area (Å²) in [5.41, 5.74) is 0. The monoisotopic (exact) mass is 130 g/mol. The van der Waals surface area contributed by atoms with Gasteiger partial charge >= 0.3 is 6.47 Å². The van der Waals surface area contributed by atoms with Crippen molar-refractivity contribution in [3.8, 4) is 0 Å². The highest BCUT2D eigenvalue weighted by Gasteiger charge is 1.87. The molecule has 0 aromatic carbocycles. The summed E-state index contributed by atoms with van der Waals surface area (Å²) in [6.07, 6.45) is 0. The lowest BCUT2D eigenvalue weighted by molar-refractivity contribution is -0.129. The lowest BCUT2D eigenvalue weighted by Gasteiger charge is -1.92. The van der Waals surface area contributed by atoms with Crippen molar-refractivity contribution < 1.29 is 9.63 Å². The number of nitrogens with zero attached hydrogens (tertiary/aromatic N) is 2. The van der Waals surface area contributed by atoms with Crippen LogP contribution in [0.3, 0.4) is 0 Å². The van der Waals surface area contributed by atoms with E-state index in [0.29, 0.717) is 12.5 Å². The van der Waals surface area contributed by atoms with Crippen molar-refractivity contribution in [2.24, 2.45) is 16.3 Å². The molecule has 0 heterocycles. The summed E-state index contributed by atoms with van der Waals surface area (Å²) in [6.45, 7) is 4.83. The van der Waals surface area contributed by atoms with Crippen molar-refractivity contribution in [2.75, 3.05) is 6.54 Å². The SMILES string of the molecule is CC(C)C/N=N\OC=O. The van der Waals surface area contributed by atoms with Crippen LogP contribution in [-0.2, 0) is 9.63 Å². The van der Waals surface area contributed by atoms with Crippen LogP contribution in [-0.4, -0.2) is 13.0 Å². The highest BCUT2D eigenvalue weighted by molar-refractivity contribution is 5.36. The second kappa shape index (κ2) is 5.21. The fourth-order valence-electron chi connectivity index (χ4n) is 0.249. The van der Waals surface area contributed by atoms with E-state index < -0.39 is 0 Å². The first-order valence-electron chi connectivity index (χ1n) is 2.73. The molecule has 0 aliphatic rings. The van der Waals surface area contributed by atoms with Crippen molar-refractivity contribution in [2.45, 2.75) is 13.8 Å². The minimum absolute atomic E-state index is 0.240. The molecule has 0 aliphatic carbocycles. The van der Waals surface area contributed by atoms with E-state index >= 15 is 0 Å². The molecule has 4 nitrogen and oxygen atoms in total. The van der Waals surface area contributed by atoms with Gasteiger partial charge in [0.15, 0.2) is 0 Å². The van der Waals surface area contributed by atoms with Crippen LogP contribution in [0.4, 0.5) is 0 Å². The normalized spacial score (nSPS) is 10.6. The van der Waals surface area contributed by atoms with Crippen molar-refractivity contribution in [3.05, 3.63) is 0 Å². The van der Waals surface area contributed by atoms with Gasteiger partial charge in [-0.1, -0.05) is 13.8 Å². The van der Waals surface area contributed by atoms with Gasteiger partial charge in [-0.3, -0.25) is 4.79 Å². The molecule has 0 amide bonds. The first kappa shape index (κ1) is 8.07. The van der Waals surface area contributed by atoms with E-state index in [9.17, 15) is 4.79 Å². The Bertz CT molecular complexity index is 101. The predicted octanol–water partition coefficient (Wildman–Crippen LogP) is 1.18. The third kappa shape index (κ3) is 7.07. The van der Waals surface area contributed by atoms with E-state index in [1.807, 2.05) is 13.8 Å². The molecule has 0 aromatic heterocycles. The van der Waals surface area contributed by atoms with Gasteiger partial charge in [0, 0.05) is 5.28 Å². The molecule has 9 heavy (non-hydrogen) atoms. The zero-order chi connectivity index (χ0) is 7.11. The molecule has 0 radical (unpaired) electrons. The van der Waals surface area contributed by atoms with Crippen LogP contribution in [0.5, 0.6) is 0 Å². The van der Waals surface area contributed by atoms with Crippen LogP contribution in [0.1, 0.15) is 13.8 Å². The molecule has 0 bridgehead atoms. The molecule has 4 heteroatoms. The van der Waals surface area contributed by atoms with Gasteiger partial charge in [0.2, 0.25) is 0 Å². The van der Waals surface area contributed by atoms with Gasteiger partial charge < -0.3 is 4.84 Å². The molecule has 0 N–H and O–H groups in total. The molecular formula is C5H10N2O2. The molecule has 0 aromatic rings. The highest BCUT2D eigenvalue weighted by Crippen LogP contribution is 1.91. The summed E-state index contributed by atoms with van der Waals surface area (Å²) < 4.78 is 0. The Hall–Kier alpha value is -0.930. The third-order valence-electron chi connectivity index (χ3n) is 0.595. The summed E-state index contributed by atoms with van der Waals surface area (Å²) in [4.78, 5) is 13.4. The molecule has 0 rings (SSSR count). The zero-order valence-corrected chi connectivity index (χ0v) is 5.57. The van der Waals surface area contributed by atoms with Crippen LogP contribution in [0, 0.1) is 5.92 Å². The minimum atomic E-state index is 0.240. The van der Waals surface area contributed by atoms with Crippen molar-refractivity contribution in [1.82, 2.24) is 0 Å². The lowest BCUT2D eigenvalue weighted by Crippen LogP contribution is -1.90. The van der Waals surface area contributed by atoms with Crippen molar-refractivity contribution in [1.29, 1.82) is 0 Å². The number of hydrogen-bond donors (Lipinski definition) is 0. The summed E-state index contributed by atoms with van der Waals surface area (Å²) in [5, 5.41) is 6.62. The van der Waals surface area contributed by atoms with Gasteiger partial charge in [-0.05, 0) is 5.92 Å². The molecule has 0 aliphatic heterocycles. The molecule has 0 fully saturated rings. The van der Waals surface area contributed by atoms with Crippen LogP contribution in [0.25, 0.3) is 0 Å². The standard InChI is InChI=1S/C5H10N2O2/c1-5(2)3-6-7-9-4-8/h4-5H,3H2,1-2H3/b7-6-. The van der Waals surface area contributed by atoms with E-state index in [2.05, 4.69) is 15.2 Å². The fraction of sp³-hybridized carbons (Fsp3) is 0.800. The molecular weight excluding hydrogens is 120 g/mol. The average molecular weight is 130 g/mol. The fourth-order valence-corrected chi connectivity index (χ4v) is 0.249. The van der Waals surface area contributed by atoms with Gasteiger partial charge in [-0.15, -0.1) is 0 Å². The Balaban J connectivity index is 3.14. The van der Waals surface area contributed by atoms with Crippen LogP contribution in [0.2, 0.25) is 0 Å². The molecule has 0 atom stereocenters. The molecule has 0 unspecified atom stereocenters. The lowest BCUT2D eigenvalue weighted by atomic mass is 10.2. The second-order valence-corrected chi connectivity index (χ2v) is 2.00. The third-order valence-corrected chi connectivity index (χ3v) is 0.595. The quantitative estimate of drug-likeness (QED) is 0.326. The largest absolute Gasteiger partial charge is 0.325 e. The van der Waals surface area contributed by atoms with Gasteiger partial charge in [0.25, 0.3) is 0 Å². The first-order valence-corrected chi connectivity index (χ1v) is 2.73. The maximum atomic E-state index is 9.47. The summed E-state index contributed by atoms with van der Waals surface area (Å²) in [5.74, 6) is 0.448. The highest BCUT2D eigenvalue weighted by atomic mass is 16.7. The summed E-state index contributed by atoms with van der Waals surface area (Å²) >= 11 is 0. The topological polar surface area (TPSA) is 51.0 Å². The van der Waals surface area contributed by atoms with Gasteiger partial charge in [0.05, 0.1) is 6.54 Å².